The van der Waals surface area contributed by atoms with Gasteiger partial charge < -0.3 is 4.74 Å². The zero-order chi connectivity index (χ0) is 18.1. The molecule has 0 radical (unpaired) electrons. The lowest BCUT2D eigenvalue weighted by atomic mass is 10.0. The van der Waals surface area contributed by atoms with E-state index in [0.29, 0.717) is 23.5 Å². The minimum Gasteiger partial charge on any atom is -0.461 e. The van der Waals surface area contributed by atoms with Crippen LogP contribution >= 0.6 is 11.3 Å². The number of nitrogens with zero attached hydrogens (tertiary/aromatic N) is 1. The van der Waals surface area contributed by atoms with Crippen LogP contribution in [0.5, 0.6) is 0 Å². The third-order valence-corrected chi connectivity index (χ3v) is 3.75. The number of hydrogen-bond donors (Lipinski definition) is 0. The first-order valence-corrected chi connectivity index (χ1v) is 7.33. The van der Waals surface area contributed by atoms with Crippen LogP contribution in [0.25, 0.3) is 10.6 Å². The molecule has 1 aromatic heterocycles. The number of esters is 1. The van der Waals surface area contributed by atoms with E-state index in [9.17, 15) is 31.1 Å². The zero-order valence-electron chi connectivity index (χ0n) is 12.0. The molecule has 0 N–H and O–H groups in total. The van der Waals surface area contributed by atoms with Gasteiger partial charge in [0.2, 0.25) is 0 Å². The normalized spacial score (nSPS) is 12.3. The molecule has 0 fully saturated rings. The number of alkyl halides is 6. The van der Waals surface area contributed by atoms with E-state index in [-0.39, 0.29) is 23.4 Å². The van der Waals surface area contributed by atoms with Gasteiger partial charge in [0.15, 0.2) is 5.69 Å². The Kier molecular flexibility index (Phi) is 4.88. The fourth-order valence-electron chi connectivity index (χ4n) is 1.84. The van der Waals surface area contributed by atoms with E-state index >= 15 is 0 Å². The van der Waals surface area contributed by atoms with E-state index in [4.69, 9.17) is 0 Å². The summed E-state index contributed by atoms with van der Waals surface area (Å²) in [7, 11) is 0. The SMILES string of the molecule is CCOC(=O)c1csc(-c2ccc(C(F)(F)F)cc2C(F)(F)F)n1. The van der Waals surface area contributed by atoms with Crippen molar-refractivity contribution in [2.24, 2.45) is 0 Å². The number of benzene rings is 1. The maximum atomic E-state index is 13.1. The van der Waals surface area contributed by atoms with Crippen LogP contribution in [0.4, 0.5) is 26.3 Å². The number of hydrogen-bond acceptors (Lipinski definition) is 4. The van der Waals surface area contributed by atoms with Gasteiger partial charge in [0.1, 0.15) is 5.01 Å². The molecule has 0 amide bonds. The summed E-state index contributed by atoms with van der Waals surface area (Å²) in [5.74, 6) is -0.819. The van der Waals surface area contributed by atoms with E-state index < -0.39 is 35.0 Å². The van der Waals surface area contributed by atoms with Crippen LogP contribution in [0.3, 0.4) is 0 Å². The summed E-state index contributed by atoms with van der Waals surface area (Å²) in [5, 5.41) is 0.963. The van der Waals surface area contributed by atoms with E-state index in [2.05, 4.69) is 9.72 Å². The Bertz CT molecular complexity index is 750. The average molecular weight is 369 g/mol. The molecule has 0 aliphatic carbocycles. The molecule has 0 aliphatic rings. The molecule has 0 bridgehead atoms. The second kappa shape index (κ2) is 6.42. The van der Waals surface area contributed by atoms with Crippen LogP contribution in [-0.4, -0.2) is 17.6 Å². The van der Waals surface area contributed by atoms with E-state index in [1.165, 1.54) is 5.38 Å². The zero-order valence-corrected chi connectivity index (χ0v) is 12.8. The Morgan fingerprint density at radius 1 is 1.17 bits per heavy atom. The first-order chi connectivity index (χ1) is 11.0. The lowest BCUT2D eigenvalue weighted by molar-refractivity contribution is -0.142. The molecule has 130 valence electrons. The van der Waals surface area contributed by atoms with Crippen molar-refractivity contribution in [2.75, 3.05) is 6.61 Å². The van der Waals surface area contributed by atoms with Crippen LogP contribution in [0.15, 0.2) is 23.6 Å². The third-order valence-electron chi connectivity index (χ3n) is 2.87. The highest BCUT2D eigenvalue weighted by Gasteiger charge is 2.39. The van der Waals surface area contributed by atoms with Gasteiger partial charge in [0, 0.05) is 10.9 Å². The molecule has 0 saturated carbocycles. The highest BCUT2D eigenvalue weighted by Crippen LogP contribution is 2.41. The van der Waals surface area contributed by atoms with E-state index in [1.54, 1.807) is 6.92 Å². The molecule has 1 heterocycles. The predicted molar refractivity (Wildman–Crippen MR) is 73.5 cm³/mol. The molecule has 24 heavy (non-hydrogen) atoms. The fraction of sp³-hybridized carbons (Fsp3) is 0.286. The number of carbonyl (C=O) groups excluding carboxylic acids is 1. The van der Waals surface area contributed by atoms with E-state index in [0.717, 1.165) is 0 Å². The Balaban J connectivity index is 2.52. The summed E-state index contributed by atoms with van der Waals surface area (Å²) in [4.78, 5) is 15.2. The molecule has 0 spiro atoms. The van der Waals surface area contributed by atoms with Crippen LogP contribution in [-0.2, 0) is 17.1 Å². The van der Waals surface area contributed by atoms with Gasteiger partial charge in [-0.15, -0.1) is 11.3 Å². The highest BCUT2D eigenvalue weighted by atomic mass is 32.1. The third kappa shape index (κ3) is 3.86. The molecule has 0 aliphatic heterocycles. The molecular weight excluding hydrogens is 360 g/mol. The summed E-state index contributed by atoms with van der Waals surface area (Å²) >= 11 is 0.707. The van der Waals surface area contributed by atoms with Gasteiger partial charge in [-0.25, -0.2) is 9.78 Å². The number of ether oxygens (including phenoxy) is 1. The van der Waals surface area contributed by atoms with Crippen LogP contribution in [0.2, 0.25) is 0 Å². The molecule has 3 nitrogen and oxygen atoms in total. The summed E-state index contributed by atoms with van der Waals surface area (Å²) in [6.07, 6.45) is -9.91. The van der Waals surface area contributed by atoms with Gasteiger partial charge in [-0.05, 0) is 19.1 Å². The van der Waals surface area contributed by atoms with Crippen molar-refractivity contribution in [1.29, 1.82) is 0 Å². The molecule has 1 aromatic carbocycles. The standard InChI is InChI=1S/C14H9F6NO2S/c1-2-23-12(22)10-6-24-11(21-10)8-4-3-7(13(15,16)17)5-9(8)14(18,19)20/h3-6H,2H2,1H3. The molecule has 0 saturated heterocycles. The quantitative estimate of drug-likeness (QED) is 0.563. The first-order valence-electron chi connectivity index (χ1n) is 6.45. The van der Waals surface area contributed by atoms with Crippen LogP contribution in [0, 0.1) is 0 Å². The number of aromatic nitrogens is 1. The lowest BCUT2D eigenvalue weighted by Gasteiger charge is -2.14. The number of halogens is 6. The molecule has 10 heteroatoms. The molecule has 2 rings (SSSR count). The number of carbonyl (C=O) groups is 1. The molecule has 0 unspecified atom stereocenters. The van der Waals surface area contributed by atoms with Crippen molar-refractivity contribution in [1.82, 2.24) is 4.98 Å². The minimum absolute atomic E-state index is 0.0285. The predicted octanol–water partition coefficient (Wildman–Crippen LogP) is 5.02. The Hall–Kier alpha value is -2.10. The highest BCUT2D eigenvalue weighted by molar-refractivity contribution is 7.13. The van der Waals surface area contributed by atoms with Gasteiger partial charge in [-0.3, -0.25) is 0 Å². The summed E-state index contributed by atoms with van der Waals surface area (Å²) in [6, 6.07) is 1.26. The minimum atomic E-state index is -5.01. The molecular formula is C14H9F6NO2S. The van der Waals surface area contributed by atoms with Gasteiger partial charge in [-0.1, -0.05) is 6.07 Å². The number of rotatable bonds is 3. The van der Waals surface area contributed by atoms with Crippen molar-refractivity contribution < 1.29 is 35.9 Å². The van der Waals surface area contributed by atoms with Crippen LogP contribution < -0.4 is 0 Å². The Labute approximate surface area is 135 Å². The summed E-state index contributed by atoms with van der Waals surface area (Å²) in [6.45, 7) is 1.60. The molecule has 2 aromatic rings. The number of thiazole rings is 1. The van der Waals surface area contributed by atoms with Gasteiger partial charge in [0.05, 0.1) is 17.7 Å². The van der Waals surface area contributed by atoms with Gasteiger partial charge in [-0.2, -0.15) is 26.3 Å². The van der Waals surface area contributed by atoms with Crippen molar-refractivity contribution in [3.63, 3.8) is 0 Å². The lowest BCUT2D eigenvalue weighted by Crippen LogP contribution is -2.12. The second-order valence-electron chi connectivity index (χ2n) is 4.51. The Morgan fingerprint density at radius 2 is 1.83 bits per heavy atom. The van der Waals surface area contributed by atoms with E-state index in [1.807, 2.05) is 0 Å². The second-order valence-corrected chi connectivity index (χ2v) is 5.37. The topological polar surface area (TPSA) is 39.2 Å². The van der Waals surface area contributed by atoms with Crippen molar-refractivity contribution in [2.45, 2.75) is 19.3 Å². The van der Waals surface area contributed by atoms with Crippen molar-refractivity contribution in [3.8, 4) is 10.6 Å². The maximum absolute atomic E-state index is 13.1. The Morgan fingerprint density at radius 3 is 2.38 bits per heavy atom. The monoisotopic (exact) mass is 369 g/mol. The average Bonchev–Trinajstić information content (AvgIpc) is 2.94. The van der Waals surface area contributed by atoms with Gasteiger partial charge >= 0.3 is 18.3 Å². The summed E-state index contributed by atoms with van der Waals surface area (Å²) in [5.41, 5.74) is -3.62. The summed E-state index contributed by atoms with van der Waals surface area (Å²) < 4.78 is 81.9. The van der Waals surface area contributed by atoms with Crippen molar-refractivity contribution >= 4 is 17.3 Å². The maximum Gasteiger partial charge on any atom is 0.417 e. The van der Waals surface area contributed by atoms with Crippen LogP contribution in [0.1, 0.15) is 28.5 Å². The largest absolute Gasteiger partial charge is 0.461 e. The first kappa shape index (κ1) is 18.2. The van der Waals surface area contributed by atoms with Crippen molar-refractivity contribution in [3.05, 3.63) is 40.4 Å². The molecule has 0 atom stereocenters. The van der Waals surface area contributed by atoms with Gasteiger partial charge in [0.25, 0.3) is 0 Å². The fourth-order valence-corrected chi connectivity index (χ4v) is 2.67. The smallest absolute Gasteiger partial charge is 0.417 e.